The van der Waals surface area contributed by atoms with Crippen molar-refractivity contribution >= 4 is 47.8 Å². The Labute approximate surface area is 784 Å². The molecule has 0 aliphatic heterocycles. The third kappa shape index (κ3) is 28.1. The molecule has 702 valence electrons. The lowest BCUT2D eigenvalue weighted by atomic mass is 10.1. The fourth-order valence-electron chi connectivity index (χ4n) is 13.1. The van der Waals surface area contributed by atoms with Crippen LogP contribution in [0.15, 0.2) is 243 Å². The van der Waals surface area contributed by atoms with E-state index in [1.807, 2.05) is 104 Å². The highest BCUT2D eigenvalue weighted by atomic mass is 16.6. The van der Waals surface area contributed by atoms with Gasteiger partial charge in [-0.3, -0.25) is 0 Å². The summed E-state index contributed by atoms with van der Waals surface area (Å²) in [6, 6.07) is 64.6. The quantitative estimate of drug-likeness (QED) is 0.0254. The lowest BCUT2D eigenvalue weighted by Gasteiger charge is -2.21. The Balaban J connectivity index is 0.000000260. The van der Waals surface area contributed by atoms with Crippen molar-refractivity contribution in [1.29, 1.82) is 0 Å². The Morgan fingerprint density at radius 1 is 0.193 bits per heavy atom. The third-order valence-electron chi connectivity index (χ3n) is 19.0. The fourth-order valence-corrected chi connectivity index (χ4v) is 13.1. The molecule has 12 aromatic rings. The van der Waals surface area contributed by atoms with Crippen LogP contribution in [-0.4, -0.2) is 118 Å². The predicted octanol–water partition coefficient (Wildman–Crippen LogP) is 23.1. The number of ether oxygens (including phenoxy) is 19. The third-order valence-corrected chi connectivity index (χ3v) is 19.0. The largest absolute Gasteiger partial charge is 0.493 e. The van der Waals surface area contributed by atoms with E-state index in [1.54, 1.807) is 147 Å². The summed E-state index contributed by atoms with van der Waals surface area (Å²) in [5, 5.41) is 0. The molecule has 0 heterocycles. The van der Waals surface area contributed by atoms with Crippen molar-refractivity contribution in [2.45, 2.75) is 148 Å². The van der Waals surface area contributed by atoms with E-state index in [0.717, 1.165) is 27.8 Å². The van der Waals surface area contributed by atoms with Crippen molar-refractivity contribution in [3.63, 3.8) is 0 Å². The van der Waals surface area contributed by atoms with Crippen molar-refractivity contribution < 1.29 is 128 Å². The first kappa shape index (κ1) is 99.8. The average Bonchev–Trinajstić information content (AvgIpc) is 0.730. The molecular formula is C108H108O27. The minimum Gasteiger partial charge on any atom is -0.493 e. The Hall–Kier alpha value is -15.8. The summed E-state index contributed by atoms with van der Waals surface area (Å²) in [5.74, 6) is 1.42. The number of hydrogen-bond acceptors (Lipinski definition) is 27. The van der Waals surface area contributed by atoms with Crippen molar-refractivity contribution in [2.75, 3.05) is 39.6 Å². The van der Waals surface area contributed by atoms with Crippen molar-refractivity contribution in [2.24, 2.45) is 0 Å². The van der Waals surface area contributed by atoms with Crippen LogP contribution in [0.5, 0.6) is 109 Å². The monoisotopic (exact) mass is 1840 g/mol. The number of benzene rings is 12. The summed E-state index contributed by atoms with van der Waals surface area (Å²) in [6.07, 6.45) is -0.812. The van der Waals surface area contributed by atoms with Crippen LogP contribution in [0, 0.1) is 6.92 Å². The molecular weight excluding hydrogens is 1730 g/mol. The summed E-state index contributed by atoms with van der Waals surface area (Å²) in [7, 11) is 0. The Kier molecular flexibility index (Phi) is 35.4. The first-order valence-corrected chi connectivity index (χ1v) is 44.3. The maximum Gasteiger partial charge on any atom is 0.347 e. The van der Waals surface area contributed by atoms with Gasteiger partial charge in [0.05, 0.1) is 92.4 Å². The van der Waals surface area contributed by atoms with Gasteiger partial charge in [0.1, 0.15) is 97.0 Å². The molecule has 27 heteroatoms. The van der Waals surface area contributed by atoms with Gasteiger partial charge in [0.25, 0.3) is 0 Å². The topological polar surface area (TPSA) is 312 Å². The molecule has 12 aromatic carbocycles. The molecule has 0 saturated heterocycles. The Bertz CT molecular complexity index is 5900. The molecule has 0 aliphatic rings. The average molecular weight is 1840 g/mol. The highest BCUT2D eigenvalue weighted by Crippen LogP contribution is 2.42. The molecule has 0 radical (unpaired) electrons. The zero-order valence-electron chi connectivity index (χ0n) is 78.2. The lowest BCUT2D eigenvalue weighted by Crippen LogP contribution is -2.17. The molecule has 0 saturated carbocycles. The SMILES string of the molecule is CCOc1cc(OCC)c(C(=O)Oc2ccc(C(=O)Oc3ccc(-c4ccc(OC(=O)c5ccc(OC(=O)c6cc(OCC)c(OCC)cc6OCC)cc5)cc4)cc3)cc2)cc1OCC.Cc1cc(C(=O)Oc2ccc(C(=O)Oc3ccc(-c4ccc(OC(=O)c5ccc(OC(=O)c6cc(OC(C)C)c(OC(C)C)cc6OC(C)C)cc5)cc4)cc3)cc2)c(OC(C)C)cc1OC(C)C. The van der Waals surface area contributed by atoms with Gasteiger partial charge < -0.3 is 90.0 Å². The van der Waals surface area contributed by atoms with Crippen molar-refractivity contribution in [3.8, 4) is 131 Å². The normalized spacial score (nSPS) is 10.9. The second-order valence-corrected chi connectivity index (χ2v) is 31.2. The van der Waals surface area contributed by atoms with Crippen LogP contribution in [0.1, 0.15) is 199 Å². The molecule has 27 nitrogen and oxygen atoms in total. The Morgan fingerprint density at radius 2 is 0.363 bits per heavy atom. The second-order valence-electron chi connectivity index (χ2n) is 31.2. The first-order valence-electron chi connectivity index (χ1n) is 44.3. The summed E-state index contributed by atoms with van der Waals surface area (Å²) < 4.78 is 109. The molecule has 12 rings (SSSR count). The molecule has 0 bridgehead atoms. The first-order chi connectivity index (χ1) is 64.9. The number of carbonyl (C=O) groups is 8. The molecule has 135 heavy (non-hydrogen) atoms. The number of esters is 8. The van der Waals surface area contributed by atoms with Crippen LogP contribution < -0.4 is 90.0 Å². The molecule has 0 fully saturated rings. The van der Waals surface area contributed by atoms with Gasteiger partial charge in [-0.1, -0.05) is 48.5 Å². The predicted molar refractivity (Wildman–Crippen MR) is 506 cm³/mol. The van der Waals surface area contributed by atoms with Crippen LogP contribution in [0.25, 0.3) is 22.3 Å². The summed E-state index contributed by atoms with van der Waals surface area (Å²) in [5.41, 5.74) is 5.77. The minimum atomic E-state index is -0.677. The molecule has 0 unspecified atom stereocenters. The van der Waals surface area contributed by atoms with Crippen molar-refractivity contribution in [1.82, 2.24) is 0 Å². The van der Waals surface area contributed by atoms with E-state index in [4.69, 9.17) is 90.0 Å². The molecule has 0 spiro atoms. The fraction of sp³-hybridized carbons (Fsp3) is 0.259. The molecule has 0 atom stereocenters. The second kappa shape index (κ2) is 47.9. The van der Waals surface area contributed by atoms with E-state index in [1.165, 1.54) is 109 Å². The van der Waals surface area contributed by atoms with E-state index in [2.05, 4.69) is 0 Å². The summed E-state index contributed by atoms with van der Waals surface area (Å²) in [6.45, 7) is 33.8. The minimum absolute atomic E-state index is 0.0590. The lowest BCUT2D eigenvalue weighted by molar-refractivity contribution is 0.0714. The van der Waals surface area contributed by atoms with Crippen LogP contribution in [0.3, 0.4) is 0 Å². The van der Waals surface area contributed by atoms with Gasteiger partial charge in [0.15, 0.2) is 34.5 Å². The van der Waals surface area contributed by atoms with Crippen LogP contribution in [-0.2, 0) is 0 Å². The maximum absolute atomic E-state index is 13.5. The van der Waals surface area contributed by atoms with Gasteiger partial charge in [-0.05, 0) is 297 Å². The zero-order valence-corrected chi connectivity index (χ0v) is 78.2. The number of carbonyl (C=O) groups excluding carboxylic acids is 8. The van der Waals surface area contributed by atoms with Gasteiger partial charge in [0, 0.05) is 42.5 Å². The molecule has 0 amide bonds. The van der Waals surface area contributed by atoms with E-state index in [9.17, 15) is 38.4 Å². The van der Waals surface area contributed by atoms with Gasteiger partial charge in [-0.15, -0.1) is 0 Å². The van der Waals surface area contributed by atoms with Gasteiger partial charge in [0.2, 0.25) is 0 Å². The number of hydrogen-bond donors (Lipinski definition) is 0. The van der Waals surface area contributed by atoms with Crippen molar-refractivity contribution in [3.05, 3.63) is 293 Å². The highest BCUT2D eigenvalue weighted by Gasteiger charge is 2.28. The van der Waals surface area contributed by atoms with E-state index in [-0.39, 0.29) is 104 Å². The molecule has 0 aliphatic carbocycles. The number of aryl methyl sites for hydroxylation is 1. The van der Waals surface area contributed by atoms with Gasteiger partial charge in [-0.2, -0.15) is 0 Å². The van der Waals surface area contributed by atoms with Gasteiger partial charge in [-0.25, -0.2) is 38.4 Å². The van der Waals surface area contributed by atoms with Crippen LogP contribution in [0.4, 0.5) is 0 Å². The Morgan fingerprint density at radius 3 is 0.607 bits per heavy atom. The van der Waals surface area contributed by atoms with Gasteiger partial charge >= 0.3 is 47.8 Å². The number of rotatable bonds is 40. The summed E-state index contributed by atoms with van der Waals surface area (Å²) >= 11 is 0. The van der Waals surface area contributed by atoms with Crippen LogP contribution in [0.2, 0.25) is 0 Å². The van der Waals surface area contributed by atoms with Crippen LogP contribution >= 0.6 is 0 Å². The molecule has 0 aromatic heterocycles. The molecule has 0 N–H and O–H groups in total. The standard InChI is InChI=1S/C56H58O13.C52H50O14/c1-32(2)61-48-30-49(62-33(3)4)46(28-37(48)11)55(59)68-44-24-16-40(17-25-44)53(57)66-42-20-12-38(13-21-42)39-14-22-43(23-15-39)67-54(58)41-18-26-45(27-19-41)69-56(60)47-29-51(64-35(7)8)52(65-36(9)10)31-50(47)63-34(5)6;1-7-57-43-31-47(61-11-5)45(59-9-3)29-41(43)51(55)65-39-25-17-35(18-26-39)49(53)63-37-21-13-33(14-22-37)34-15-23-38(24-16-34)64-50(54)36-19-27-40(28-20-36)66-52(56)42-30-46(60-10-4)48(62-12-6)32-44(42)58-8-2/h12-36H,1-11H3;13-32H,7-12H2,1-6H3. The zero-order chi connectivity index (χ0) is 96.9. The van der Waals surface area contributed by atoms with E-state index >= 15 is 0 Å². The maximum atomic E-state index is 13.5. The highest BCUT2D eigenvalue weighted by molar-refractivity contribution is 5.99. The van der Waals surface area contributed by atoms with E-state index in [0.29, 0.717) is 120 Å². The van der Waals surface area contributed by atoms with E-state index < -0.39 is 47.8 Å². The smallest absolute Gasteiger partial charge is 0.347 e. The summed E-state index contributed by atoms with van der Waals surface area (Å²) in [4.78, 5) is 105.